The van der Waals surface area contributed by atoms with Gasteiger partial charge in [-0.1, -0.05) is 36.8 Å². The maximum absolute atomic E-state index is 9.51. The maximum atomic E-state index is 9.51. The van der Waals surface area contributed by atoms with Crippen molar-refractivity contribution >= 4 is 0 Å². The number of nitrogens with two attached hydrogens (primary N) is 1. The minimum atomic E-state index is 0.143. The van der Waals surface area contributed by atoms with Crippen molar-refractivity contribution in [3.63, 3.8) is 0 Å². The molecule has 0 radical (unpaired) electrons. The molecule has 0 aromatic heterocycles. The molecule has 3 heteroatoms. The normalized spacial score (nSPS) is 25.2. The zero-order valence-electron chi connectivity index (χ0n) is 10.9. The summed E-state index contributed by atoms with van der Waals surface area (Å²) in [6, 6.07) is 11.0. The van der Waals surface area contributed by atoms with Gasteiger partial charge in [-0.2, -0.15) is 0 Å². The van der Waals surface area contributed by atoms with Crippen molar-refractivity contribution in [1.29, 1.82) is 0 Å². The van der Waals surface area contributed by atoms with Gasteiger partial charge in [0.05, 0.1) is 6.61 Å². The Morgan fingerprint density at radius 3 is 2.72 bits per heavy atom. The van der Waals surface area contributed by atoms with E-state index in [0.717, 1.165) is 13.0 Å². The molecule has 1 fully saturated rings. The molecule has 0 heterocycles. The molecule has 1 aromatic carbocycles. The highest BCUT2D eigenvalue weighted by molar-refractivity contribution is 5.16. The first kappa shape index (κ1) is 13.5. The van der Waals surface area contributed by atoms with E-state index in [0.29, 0.717) is 12.0 Å². The summed E-state index contributed by atoms with van der Waals surface area (Å²) in [4.78, 5) is 0. The molecule has 3 nitrogen and oxygen atoms in total. The Morgan fingerprint density at radius 1 is 1.28 bits per heavy atom. The van der Waals surface area contributed by atoms with Gasteiger partial charge in [0.1, 0.15) is 0 Å². The van der Waals surface area contributed by atoms with Crippen LogP contribution in [0.5, 0.6) is 0 Å². The van der Waals surface area contributed by atoms with Gasteiger partial charge in [-0.05, 0) is 37.3 Å². The first-order valence-electron chi connectivity index (χ1n) is 6.94. The van der Waals surface area contributed by atoms with Crippen LogP contribution in [0.3, 0.4) is 0 Å². The number of rotatable bonds is 6. The Balaban J connectivity index is 1.89. The smallest absolute Gasteiger partial charge is 0.0587 e. The van der Waals surface area contributed by atoms with Gasteiger partial charge < -0.3 is 16.2 Å². The highest BCUT2D eigenvalue weighted by Crippen LogP contribution is 2.25. The van der Waals surface area contributed by atoms with E-state index >= 15 is 0 Å². The van der Waals surface area contributed by atoms with E-state index in [1.54, 1.807) is 0 Å². The van der Waals surface area contributed by atoms with E-state index in [-0.39, 0.29) is 12.6 Å². The number of benzene rings is 1. The minimum Gasteiger partial charge on any atom is -0.395 e. The van der Waals surface area contributed by atoms with Crippen LogP contribution in [-0.2, 0) is 6.42 Å². The van der Waals surface area contributed by atoms with Crippen LogP contribution in [0, 0.1) is 5.92 Å². The SMILES string of the molecule is NCC1CCCC1N[C@H](CO)Cc1ccccc1. The molecule has 1 aliphatic rings. The molecule has 2 rings (SSSR count). The van der Waals surface area contributed by atoms with Crippen molar-refractivity contribution in [2.45, 2.75) is 37.8 Å². The standard InChI is InChI=1S/C15H24N2O/c16-10-13-7-4-8-15(13)17-14(11-18)9-12-5-2-1-3-6-12/h1-3,5-6,13-15,17-18H,4,7-11,16H2/t13?,14-,15?/m0/s1. The van der Waals surface area contributed by atoms with Gasteiger partial charge in [0.25, 0.3) is 0 Å². The Kier molecular flexibility index (Phi) is 5.17. The van der Waals surface area contributed by atoms with Crippen molar-refractivity contribution in [3.05, 3.63) is 35.9 Å². The van der Waals surface area contributed by atoms with Gasteiger partial charge >= 0.3 is 0 Å². The molecule has 3 atom stereocenters. The lowest BCUT2D eigenvalue weighted by Crippen LogP contribution is -2.45. The van der Waals surface area contributed by atoms with Crippen LogP contribution in [0.4, 0.5) is 0 Å². The average molecular weight is 248 g/mol. The summed E-state index contributed by atoms with van der Waals surface area (Å²) in [6.07, 6.45) is 4.54. The molecule has 0 amide bonds. The topological polar surface area (TPSA) is 58.3 Å². The third-order valence-electron chi connectivity index (χ3n) is 3.96. The van der Waals surface area contributed by atoms with Crippen LogP contribution in [0.15, 0.2) is 30.3 Å². The van der Waals surface area contributed by atoms with Crippen LogP contribution in [0.2, 0.25) is 0 Å². The van der Waals surface area contributed by atoms with E-state index in [2.05, 4.69) is 17.4 Å². The molecule has 0 aliphatic heterocycles. The minimum absolute atomic E-state index is 0.143. The monoisotopic (exact) mass is 248 g/mol. The fraction of sp³-hybridized carbons (Fsp3) is 0.600. The van der Waals surface area contributed by atoms with Crippen LogP contribution in [0.25, 0.3) is 0 Å². The van der Waals surface area contributed by atoms with Crippen LogP contribution in [-0.4, -0.2) is 30.3 Å². The van der Waals surface area contributed by atoms with Gasteiger partial charge in [0.2, 0.25) is 0 Å². The highest BCUT2D eigenvalue weighted by atomic mass is 16.3. The van der Waals surface area contributed by atoms with Crippen LogP contribution in [0.1, 0.15) is 24.8 Å². The number of hydrogen-bond donors (Lipinski definition) is 3. The molecule has 0 spiro atoms. The third-order valence-corrected chi connectivity index (χ3v) is 3.96. The molecule has 0 saturated heterocycles. The second-order valence-corrected chi connectivity index (χ2v) is 5.27. The summed E-state index contributed by atoms with van der Waals surface area (Å²) in [6.45, 7) is 0.934. The molecule has 18 heavy (non-hydrogen) atoms. The lowest BCUT2D eigenvalue weighted by molar-refractivity contribution is 0.220. The zero-order chi connectivity index (χ0) is 12.8. The predicted molar refractivity (Wildman–Crippen MR) is 74.3 cm³/mol. The van der Waals surface area contributed by atoms with Gasteiger partial charge in [-0.3, -0.25) is 0 Å². The Morgan fingerprint density at radius 2 is 2.06 bits per heavy atom. The van der Waals surface area contributed by atoms with Crippen molar-refractivity contribution in [1.82, 2.24) is 5.32 Å². The summed E-state index contributed by atoms with van der Waals surface area (Å²) in [7, 11) is 0. The van der Waals surface area contributed by atoms with E-state index in [9.17, 15) is 5.11 Å². The second kappa shape index (κ2) is 6.88. The third kappa shape index (κ3) is 3.55. The van der Waals surface area contributed by atoms with E-state index < -0.39 is 0 Å². The molecule has 1 saturated carbocycles. The van der Waals surface area contributed by atoms with Gasteiger partial charge in [0.15, 0.2) is 0 Å². The van der Waals surface area contributed by atoms with Gasteiger partial charge in [-0.15, -0.1) is 0 Å². The number of hydrogen-bond acceptors (Lipinski definition) is 3. The van der Waals surface area contributed by atoms with E-state index in [4.69, 9.17) is 5.73 Å². The first-order valence-corrected chi connectivity index (χ1v) is 6.94. The maximum Gasteiger partial charge on any atom is 0.0587 e. The number of nitrogens with one attached hydrogen (secondary N) is 1. The quantitative estimate of drug-likeness (QED) is 0.711. The summed E-state index contributed by atoms with van der Waals surface area (Å²) in [5.41, 5.74) is 7.06. The Hall–Kier alpha value is -0.900. The van der Waals surface area contributed by atoms with Crippen molar-refractivity contribution < 1.29 is 5.11 Å². The molecule has 1 aliphatic carbocycles. The first-order chi connectivity index (χ1) is 8.83. The second-order valence-electron chi connectivity index (χ2n) is 5.27. The van der Waals surface area contributed by atoms with Crippen molar-refractivity contribution in [2.75, 3.05) is 13.2 Å². The summed E-state index contributed by atoms with van der Waals surface area (Å²) in [5, 5.41) is 13.1. The molecular weight excluding hydrogens is 224 g/mol. The van der Waals surface area contributed by atoms with Gasteiger partial charge in [-0.25, -0.2) is 0 Å². The molecule has 1 aromatic rings. The van der Waals surface area contributed by atoms with E-state index in [1.807, 2.05) is 18.2 Å². The fourth-order valence-electron chi connectivity index (χ4n) is 2.92. The van der Waals surface area contributed by atoms with Gasteiger partial charge in [0, 0.05) is 12.1 Å². The summed E-state index contributed by atoms with van der Waals surface area (Å²) >= 11 is 0. The molecule has 4 N–H and O–H groups in total. The lowest BCUT2D eigenvalue weighted by atomic mass is 10.0. The lowest BCUT2D eigenvalue weighted by Gasteiger charge is -2.25. The zero-order valence-corrected chi connectivity index (χ0v) is 10.9. The molecular formula is C15H24N2O. The Bertz CT molecular complexity index is 342. The van der Waals surface area contributed by atoms with Crippen LogP contribution >= 0.6 is 0 Å². The molecule has 2 unspecified atom stereocenters. The summed E-state index contributed by atoms with van der Waals surface area (Å²) in [5.74, 6) is 0.579. The highest BCUT2D eigenvalue weighted by Gasteiger charge is 2.27. The average Bonchev–Trinajstić information content (AvgIpc) is 2.86. The molecule has 100 valence electrons. The fourth-order valence-corrected chi connectivity index (χ4v) is 2.92. The Labute approximate surface area is 109 Å². The summed E-state index contributed by atoms with van der Waals surface area (Å²) < 4.78 is 0. The predicted octanol–water partition coefficient (Wildman–Crippen LogP) is 1.31. The van der Waals surface area contributed by atoms with E-state index in [1.165, 1.54) is 24.8 Å². The van der Waals surface area contributed by atoms with Crippen molar-refractivity contribution in [2.24, 2.45) is 11.7 Å². The van der Waals surface area contributed by atoms with Crippen molar-refractivity contribution in [3.8, 4) is 0 Å². The number of aliphatic hydroxyl groups is 1. The number of aliphatic hydroxyl groups excluding tert-OH is 1. The largest absolute Gasteiger partial charge is 0.395 e. The van der Waals surface area contributed by atoms with Crippen LogP contribution < -0.4 is 11.1 Å². The molecule has 0 bridgehead atoms.